The topological polar surface area (TPSA) is 34.9 Å². The van der Waals surface area contributed by atoms with E-state index in [-0.39, 0.29) is 5.56 Å². The summed E-state index contributed by atoms with van der Waals surface area (Å²) in [5.74, 6) is 0.740. The molecule has 0 radical (unpaired) electrons. The van der Waals surface area contributed by atoms with Crippen LogP contribution in [0.3, 0.4) is 0 Å². The molecule has 3 nitrogen and oxygen atoms in total. The first-order valence-electron chi connectivity index (χ1n) is 8.58. The first kappa shape index (κ1) is 18.0. The standard InChI is InChI=1S/C22H17BrN2OS/c1-15-6-2-5-9-20(15)25-21(26)18-7-3-4-8-19(18)24-22(25)27-14-16-10-12-17(23)13-11-16/h2-13H,14H2,1H3. The SMILES string of the molecule is Cc1ccccc1-n1c(SCc2ccc(Br)cc2)nc2ccccc2c1=O. The van der Waals surface area contributed by atoms with Crippen molar-refractivity contribution in [3.63, 3.8) is 0 Å². The molecule has 4 rings (SSSR count). The fraction of sp³-hybridized carbons (Fsp3) is 0.0909. The highest BCUT2D eigenvalue weighted by molar-refractivity contribution is 9.10. The quantitative estimate of drug-likeness (QED) is 0.301. The molecule has 0 aliphatic rings. The van der Waals surface area contributed by atoms with Gasteiger partial charge in [-0.1, -0.05) is 70.2 Å². The van der Waals surface area contributed by atoms with Crippen molar-refractivity contribution in [2.75, 3.05) is 0 Å². The summed E-state index contributed by atoms with van der Waals surface area (Å²) >= 11 is 5.04. The van der Waals surface area contributed by atoms with Gasteiger partial charge in [0, 0.05) is 10.2 Å². The van der Waals surface area contributed by atoms with Crippen LogP contribution in [0.2, 0.25) is 0 Å². The van der Waals surface area contributed by atoms with Gasteiger partial charge in [0.05, 0.1) is 16.6 Å². The molecular formula is C22H17BrN2OS. The number of halogens is 1. The van der Waals surface area contributed by atoms with E-state index in [4.69, 9.17) is 4.98 Å². The summed E-state index contributed by atoms with van der Waals surface area (Å²) in [6.07, 6.45) is 0. The van der Waals surface area contributed by atoms with E-state index >= 15 is 0 Å². The summed E-state index contributed by atoms with van der Waals surface area (Å²) in [5, 5.41) is 1.34. The molecule has 3 aromatic carbocycles. The normalized spacial score (nSPS) is 11.0. The molecule has 0 aliphatic carbocycles. The molecule has 0 unspecified atom stereocenters. The molecule has 0 spiro atoms. The number of hydrogen-bond donors (Lipinski definition) is 0. The van der Waals surface area contributed by atoms with Gasteiger partial charge >= 0.3 is 0 Å². The molecule has 5 heteroatoms. The first-order chi connectivity index (χ1) is 13.1. The number of fused-ring (bicyclic) bond motifs is 1. The van der Waals surface area contributed by atoms with Gasteiger partial charge in [-0.25, -0.2) is 4.98 Å². The molecule has 0 saturated heterocycles. The number of aryl methyl sites for hydroxylation is 1. The summed E-state index contributed by atoms with van der Waals surface area (Å²) in [7, 11) is 0. The second-order valence-electron chi connectivity index (χ2n) is 6.25. The van der Waals surface area contributed by atoms with Crippen LogP contribution in [0.25, 0.3) is 16.6 Å². The Morgan fingerprint density at radius 2 is 1.67 bits per heavy atom. The molecule has 0 N–H and O–H groups in total. The molecule has 0 saturated carbocycles. The highest BCUT2D eigenvalue weighted by atomic mass is 79.9. The van der Waals surface area contributed by atoms with Gasteiger partial charge in [0.15, 0.2) is 5.16 Å². The summed E-state index contributed by atoms with van der Waals surface area (Å²) in [6, 6.07) is 23.6. The summed E-state index contributed by atoms with van der Waals surface area (Å²) in [5.41, 5.74) is 3.79. The molecule has 0 atom stereocenters. The van der Waals surface area contributed by atoms with Crippen molar-refractivity contribution in [2.24, 2.45) is 0 Å². The minimum atomic E-state index is -0.0341. The van der Waals surface area contributed by atoms with Crippen molar-refractivity contribution in [3.8, 4) is 5.69 Å². The van der Waals surface area contributed by atoms with Gasteiger partial charge in [-0.15, -0.1) is 0 Å². The average molecular weight is 437 g/mol. The zero-order valence-electron chi connectivity index (χ0n) is 14.7. The van der Waals surface area contributed by atoms with Crippen LogP contribution in [-0.4, -0.2) is 9.55 Å². The number of aromatic nitrogens is 2. The fourth-order valence-corrected chi connectivity index (χ4v) is 4.19. The number of benzene rings is 3. The summed E-state index contributed by atoms with van der Waals surface area (Å²) in [6.45, 7) is 2.01. The van der Waals surface area contributed by atoms with E-state index in [2.05, 4.69) is 28.1 Å². The molecule has 1 aromatic heterocycles. The second kappa shape index (κ2) is 7.71. The third kappa shape index (κ3) is 3.70. The van der Waals surface area contributed by atoms with Gasteiger partial charge in [-0.05, 0) is 48.4 Å². The van der Waals surface area contributed by atoms with Crippen LogP contribution in [0.4, 0.5) is 0 Å². The van der Waals surface area contributed by atoms with Gasteiger partial charge in [0.1, 0.15) is 0 Å². The number of rotatable bonds is 4. The Balaban J connectivity index is 1.85. The predicted octanol–water partition coefficient (Wildman–Crippen LogP) is 5.75. The van der Waals surface area contributed by atoms with Gasteiger partial charge in [-0.2, -0.15) is 0 Å². The molecule has 134 valence electrons. The first-order valence-corrected chi connectivity index (χ1v) is 10.4. The van der Waals surface area contributed by atoms with Crippen LogP contribution >= 0.6 is 27.7 Å². The Bertz CT molecular complexity index is 1170. The van der Waals surface area contributed by atoms with E-state index in [1.807, 2.05) is 67.6 Å². The Morgan fingerprint density at radius 1 is 0.963 bits per heavy atom. The maximum atomic E-state index is 13.3. The smallest absolute Gasteiger partial charge is 0.266 e. The highest BCUT2D eigenvalue weighted by Crippen LogP contribution is 2.26. The summed E-state index contributed by atoms with van der Waals surface area (Å²) < 4.78 is 2.79. The van der Waals surface area contributed by atoms with Crippen molar-refractivity contribution in [2.45, 2.75) is 17.8 Å². The van der Waals surface area contributed by atoms with Gasteiger partial charge in [0.25, 0.3) is 5.56 Å². The fourth-order valence-electron chi connectivity index (χ4n) is 2.96. The minimum Gasteiger partial charge on any atom is -0.268 e. The molecule has 27 heavy (non-hydrogen) atoms. The zero-order chi connectivity index (χ0) is 18.8. The van der Waals surface area contributed by atoms with Crippen molar-refractivity contribution in [1.82, 2.24) is 9.55 Å². The van der Waals surface area contributed by atoms with Crippen molar-refractivity contribution in [3.05, 3.63) is 98.7 Å². The number of para-hydroxylation sites is 2. The van der Waals surface area contributed by atoms with E-state index in [1.165, 1.54) is 5.56 Å². The number of nitrogens with zero attached hydrogens (tertiary/aromatic N) is 2. The van der Waals surface area contributed by atoms with E-state index in [0.29, 0.717) is 10.5 Å². The molecule has 0 amide bonds. The van der Waals surface area contributed by atoms with E-state index in [9.17, 15) is 4.79 Å². The molecule has 1 heterocycles. The Labute approximate surface area is 170 Å². The second-order valence-corrected chi connectivity index (χ2v) is 8.11. The molecule has 0 aliphatic heterocycles. The average Bonchev–Trinajstić information content (AvgIpc) is 2.69. The molecule has 4 aromatic rings. The Morgan fingerprint density at radius 3 is 2.44 bits per heavy atom. The minimum absolute atomic E-state index is 0.0341. The van der Waals surface area contributed by atoms with Crippen molar-refractivity contribution in [1.29, 1.82) is 0 Å². The lowest BCUT2D eigenvalue weighted by Gasteiger charge is -2.15. The van der Waals surface area contributed by atoms with Gasteiger partial charge in [0.2, 0.25) is 0 Å². The van der Waals surface area contributed by atoms with Crippen LogP contribution in [0.5, 0.6) is 0 Å². The van der Waals surface area contributed by atoms with E-state index in [0.717, 1.165) is 27.0 Å². The number of hydrogen-bond acceptors (Lipinski definition) is 3. The van der Waals surface area contributed by atoms with Crippen LogP contribution in [0.15, 0.2) is 87.2 Å². The van der Waals surface area contributed by atoms with Crippen LogP contribution in [-0.2, 0) is 5.75 Å². The third-order valence-electron chi connectivity index (χ3n) is 4.38. The molecule has 0 bridgehead atoms. The maximum Gasteiger partial charge on any atom is 0.266 e. The molecule has 0 fully saturated rings. The van der Waals surface area contributed by atoms with Crippen LogP contribution in [0.1, 0.15) is 11.1 Å². The highest BCUT2D eigenvalue weighted by Gasteiger charge is 2.14. The third-order valence-corrected chi connectivity index (χ3v) is 5.92. The Kier molecular flexibility index (Phi) is 5.14. The largest absolute Gasteiger partial charge is 0.268 e. The lowest BCUT2D eigenvalue weighted by atomic mass is 10.2. The maximum absolute atomic E-state index is 13.3. The zero-order valence-corrected chi connectivity index (χ0v) is 17.1. The van der Waals surface area contributed by atoms with Crippen molar-refractivity contribution < 1.29 is 0 Å². The predicted molar refractivity (Wildman–Crippen MR) is 116 cm³/mol. The lowest BCUT2D eigenvalue weighted by molar-refractivity contribution is 0.814. The van der Waals surface area contributed by atoms with Crippen molar-refractivity contribution >= 4 is 38.6 Å². The van der Waals surface area contributed by atoms with E-state index in [1.54, 1.807) is 16.3 Å². The lowest BCUT2D eigenvalue weighted by Crippen LogP contribution is -2.22. The Hall–Kier alpha value is -2.37. The van der Waals surface area contributed by atoms with Gasteiger partial charge < -0.3 is 0 Å². The van der Waals surface area contributed by atoms with E-state index < -0.39 is 0 Å². The summed E-state index contributed by atoms with van der Waals surface area (Å²) in [4.78, 5) is 18.1. The van der Waals surface area contributed by atoms with Crippen LogP contribution < -0.4 is 5.56 Å². The monoisotopic (exact) mass is 436 g/mol. The van der Waals surface area contributed by atoms with Gasteiger partial charge in [-0.3, -0.25) is 9.36 Å². The molecular weight excluding hydrogens is 420 g/mol. The van der Waals surface area contributed by atoms with Crippen LogP contribution in [0, 0.1) is 6.92 Å². The number of thioether (sulfide) groups is 1.